The molecule has 0 atom stereocenters. The lowest BCUT2D eigenvalue weighted by Crippen LogP contribution is -2.24. The van der Waals surface area contributed by atoms with Crippen molar-refractivity contribution in [3.8, 4) is 34.5 Å². The van der Waals surface area contributed by atoms with Crippen molar-refractivity contribution in [3.05, 3.63) is 35.4 Å². The number of methoxy groups -OCH3 is 6. The monoisotopic (exact) mass is 405 g/mol. The van der Waals surface area contributed by atoms with Crippen molar-refractivity contribution in [2.45, 2.75) is 13.0 Å². The van der Waals surface area contributed by atoms with Gasteiger partial charge in [-0.2, -0.15) is 0 Å². The normalized spacial score (nSPS) is 10.1. The Morgan fingerprint density at radius 1 is 0.655 bits per heavy atom. The van der Waals surface area contributed by atoms with Crippen molar-refractivity contribution < 1.29 is 33.2 Å². The summed E-state index contributed by atoms with van der Waals surface area (Å²) in [5.41, 5.74) is 1.56. The Labute approximate surface area is 170 Å². The van der Waals surface area contributed by atoms with E-state index >= 15 is 0 Å². The SMILES string of the molecule is COc1cc(CNC(=O)Cc2cc(OC)c(OC)c(OC)c2)cc(OC)c1OC. The first-order valence-corrected chi connectivity index (χ1v) is 8.85. The van der Waals surface area contributed by atoms with Gasteiger partial charge < -0.3 is 33.7 Å². The van der Waals surface area contributed by atoms with Crippen molar-refractivity contribution >= 4 is 5.91 Å². The molecule has 0 aliphatic heterocycles. The highest BCUT2D eigenvalue weighted by Crippen LogP contribution is 2.39. The van der Waals surface area contributed by atoms with Crippen LogP contribution in [0.4, 0.5) is 0 Å². The van der Waals surface area contributed by atoms with Crippen LogP contribution in [0.25, 0.3) is 0 Å². The molecular formula is C21H27NO7. The van der Waals surface area contributed by atoms with Crippen LogP contribution in [-0.4, -0.2) is 48.6 Å². The van der Waals surface area contributed by atoms with Gasteiger partial charge in [-0.15, -0.1) is 0 Å². The summed E-state index contributed by atoms with van der Waals surface area (Å²) >= 11 is 0. The van der Waals surface area contributed by atoms with Crippen molar-refractivity contribution in [1.29, 1.82) is 0 Å². The highest BCUT2D eigenvalue weighted by molar-refractivity contribution is 5.79. The molecule has 2 rings (SSSR count). The number of nitrogens with one attached hydrogen (secondary N) is 1. The van der Waals surface area contributed by atoms with E-state index in [1.165, 1.54) is 21.3 Å². The molecule has 158 valence electrons. The average Bonchev–Trinajstić information content (AvgIpc) is 2.75. The molecule has 0 aliphatic rings. The van der Waals surface area contributed by atoms with Gasteiger partial charge in [-0.05, 0) is 35.4 Å². The minimum absolute atomic E-state index is 0.154. The van der Waals surface area contributed by atoms with Crippen LogP contribution in [0.2, 0.25) is 0 Å². The molecule has 8 heteroatoms. The largest absolute Gasteiger partial charge is 0.493 e. The molecule has 8 nitrogen and oxygen atoms in total. The fourth-order valence-electron chi connectivity index (χ4n) is 2.92. The van der Waals surface area contributed by atoms with Crippen LogP contribution < -0.4 is 33.7 Å². The van der Waals surface area contributed by atoms with E-state index in [1.807, 2.05) is 0 Å². The molecule has 0 aliphatic carbocycles. The van der Waals surface area contributed by atoms with Crippen molar-refractivity contribution in [2.24, 2.45) is 0 Å². The molecule has 0 saturated heterocycles. The summed E-state index contributed by atoms with van der Waals surface area (Å²) in [5.74, 6) is 2.88. The van der Waals surface area contributed by atoms with E-state index in [0.29, 0.717) is 41.0 Å². The van der Waals surface area contributed by atoms with Crippen LogP contribution >= 0.6 is 0 Å². The van der Waals surface area contributed by atoms with Crippen LogP contribution in [0, 0.1) is 0 Å². The lowest BCUT2D eigenvalue weighted by molar-refractivity contribution is -0.120. The van der Waals surface area contributed by atoms with E-state index in [4.69, 9.17) is 28.4 Å². The number of carbonyl (C=O) groups excluding carboxylic acids is 1. The van der Waals surface area contributed by atoms with Crippen LogP contribution in [0.1, 0.15) is 11.1 Å². The first kappa shape index (κ1) is 22.0. The molecule has 0 saturated carbocycles. The smallest absolute Gasteiger partial charge is 0.224 e. The standard InChI is InChI=1S/C21H27NO7/c1-24-15-7-13(8-16(25-2)20(15)28-5)11-19(23)22-12-14-9-17(26-3)21(29-6)18(10-14)27-4/h7-10H,11-12H2,1-6H3,(H,22,23). The minimum Gasteiger partial charge on any atom is -0.493 e. The summed E-state index contributed by atoms with van der Waals surface area (Å²) in [4.78, 5) is 12.5. The lowest BCUT2D eigenvalue weighted by Gasteiger charge is -2.15. The van der Waals surface area contributed by atoms with Gasteiger partial charge in [0.2, 0.25) is 17.4 Å². The quantitative estimate of drug-likeness (QED) is 0.650. The van der Waals surface area contributed by atoms with Gasteiger partial charge in [0.25, 0.3) is 0 Å². The highest BCUT2D eigenvalue weighted by atomic mass is 16.5. The predicted octanol–water partition coefficient (Wildman–Crippen LogP) is 2.60. The number of amides is 1. The molecule has 2 aromatic carbocycles. The van der Waals surface area contributed by atoms with Gasteiger partial charge in [-0.1, -0.05) is 0 Å². The topological polar surface area (TPSA) is 84.5 Å². The number of hydrogen-bond acceptors (Lipinski definition) is 7. The molecule has 0 radical (unpaired) electrons. The zero-order valence-electron chi connectivity index (χ0n) is 17.6. The fraction of sp³-hybridized carbons (Fsp3) is 0.381. The Balaban J connectivity index is 2.12. The molecule has 1 amide bonds. The zero-order chi connectivity index (χ0) is 21.4. The maximum atomic E-state index is 12.5. The molecule has 0 unspecified atom stereocenters. The maximum Gasteiger partial charge on any atom is 0.224 e. The summed E-state index contributed by atoms with van der Waals surface area (Å²) in [6.45, 7) is 0.306. The number of hydrogen-bond donors (Lipinski definition) is 1. The third-order valence-electron chi connectivity index (χ3n) is 4.30. The van der Waals surface area contributed by atoms with E-state index in [9.17, 15) is 4.79 Å². The number of rotatable bonds is 10. The Morgan fingerprint density at radius 2 is 1.03 bits per heavy atom. The predicted molar refractivity (Wildman–Crippen MR) is 108 cm³/mol. The highest BCUT2D eigenvalue weighted by Gasteiger charge is 2.16. The second kappa shape index (κ2) is 10.3. The van der Waals surface area contributed by atoms with Crippen molar-refractivity contribution in [1.82, 2.24) is 5.32 Å². The maximum absolute atomic E-state index is 12.5. The third kappa shape index (κ3) is 5.16. The molecule has 2 aromatic rings. The van der Waals surface area contributed by atoms with Gasteiger partial charge in [0.05, 0.1) is 49.1 Å². The molecule has 0 heterocycles. The van der Waals surface area contributed by atoms with Crippen LogP contribution in [-0.2, 0) is 17.8 Å². The Hall–Kier alpha value is -3.29. The summed E-state index contributed by atoms with van der Waals surface area (Å²) in [6, 6.07) is 7.09. The van der Waals surface area contributed by atoms with Gasteiger partial charge in [0.15, 0.2) is 23.0 Å². The number of carbonyl (C=O) groups is 1. The van der Waals surface area contributed by atoms with Gasteiger partial charge in [0, 0.05) is 6.54 Å². The second-order valence-electron chi connectivity index (χ2n) is 6.02. The Bertz CT molecular complexity index is 801. The van der Waals surface area contributed by atoms with E-state index < -0.39 is 0 Å². The summed E-state index contributed by atoms with van der Waals surface area (Å²) in [7, 11) is 9.23. The molecule has 0 aromatic heterocycles. The van der Waals surface area contributed by atoms with Gasteiger partial charge in [-0.3, -0.25) is 4.79 Å². The zero-order valence-corrected chi connectivity index (χ0v) is 17.6. The number of ether oxygens (including phenoxy) is 6. The van der Waals surface area contributed by atoms with Crippen LogP contribution in [0.15, 0.2) is 24.3 Å². The number of benzene rings is 2. The lowest BCUT2D eigenvalue weighted by atomic mass is 10.1. The minimum atomic E-state index is -0.159. The third-order valence-corrected chi connectivity index (χ3v) is 4.30. The molecular weight excluding hydrogens is 378 g/mol. The van der Waals surface area contributed by atoms with E-state index in [0.717, 1.165) is 11.1 Å². The van der Waals surface area contributed by atoms with Crippen molar-refractivity contribution in [3.63, 3.8) is 0 Å². The molecule has 29 heavy (non-hydrogen) atoms. The first-order valence-electron chi connectivity index (χ1n) is 8.85. The van der Waals surface area contributed by atoms with Gasteiger partial charge >= 0.3 is 0 Å². The molecule has 0 bridgehead atoms. The van der Waals surface area contributed by atoms with E-state index in [-0.39, 0.29) is 12.3 Å². The molecule has 1 N–H and O–H groups in total. The summed E-state index contributed by atoms with van der Waals surface area (Å²) in [5, 5.41) is 2.89. The Morgan fingerprint density at radius 3 is 1.38 bits per heavy atom. The molecule has 0 spiro atoms. The van der Waals surface area contributed by atoms with E-state index in [2.05, 4.69) is 5.32 Å². The van der Waals surface area contributed by atoms with Crippen molar-refractivity contribution in [2.75, 3.05) is 42.7 Å². The van der Waals surface area contributed by atoms with Gasteiger partial charge in [0.1, 0.15) is 0 Å². The molecule has 0 fully saturated rings. The first-order chi connectivity index (χ1) is 14.0. The average molecular weight is 405 g/mol. The second-order valence-corrected chi connectivity index (χ2v) is 6.02. The Kier molecular flexibility index (Phi) is 7.82. The van der Waals surface area contributed by atoms with Crippen LogP contribution in [0.5, 0.6) is 34.5 Å². The van der Waals surface area contributed by atoms with E-state index in [1.54, 1.807) is 45.6 Å². The summed E-state index contributed by atoms with van der Waals surface area (Å²) < 4.78 is 31.9. The van der Waals surface area contributed by atoms with Gasteiger partial charge in [-0.25, -0.2) is 0 Å². The fourth-order valence-corrected chi connectivity index (χ4v) is 2.92. The summed E-state index contributed by atoms with van der Waals surface area (Å²) in [6.07, 6.45) is 0.154. The van der Waals surface area contributed by atoms with Crippen LogP contribution in [0.3, 0.4) is 0 Å².